The number of aliphatic hydroxyl groups is 2. The standard InChI is InChI=1S/C19H22N6O5/c20-11(6-10-4-2-1-3-5-10)19(28)30-15-12(7-26)29-18(14(15)27)25-9-24-13-16(21)22-8-23-17(13)25/h1-5,8-9,11-12,14-15,18,26-27H,6-7,20H2,(H2,21,22,23)/t11-,12+,14+,15+,18+/m0/s1. The van der Waals surface area contributed by atoms with Gasteiger partial charge < -0.3 is 31.2 Å². The van der Waals surface area contributed by atoms with E-state index in [1.54, 1.807) is 0 Å². The number of anilines is 1. The maximum atomic E-state index is 12.5. The fourth-order valence-electron chi connectivity index (χ4n) is 3.47. The number of carbonyl (C=O) groups excluding carboxylic acids is 1. The van der Waals surface area contributed by atoms with E-state index in [9.17, 15) is 15.0 Å². The average molecular weight is 414 g/mol. The average Bonchev–Trinajstić information content (AvgIpc) is 3.31. The van der Waals surface area contributed by atoms with Gasteiger partial charge in [-0.3, -0.25) is 9.36 Å². The number of aliphatic hydroxyl groups excluding tert-OH is 2. The molecular weight excluding hydrogens is 392 g/mol. The van der Waals surface area contributed by atoms with Gasteiger partial charge in [0, 0.05) is 0 Å². The molecule has 30 heavy (non-hydrogen) atoms. The summed E-state index contributed by atoms with van der Waals surface area (Å²) in [5.41, 5.74) is 13.3. The molecule has 0 aliphatic carbocycles. The minimum Gasteiger partial charge on any atom is -0.455 e. The van der Waals surface area contributed by atoms with Crippen molar-refractivity contribution < 1.29 is 24.5 Å². The molecule has 3 heterocycles. The molecule has 11 nitrogen and oxygen atoms in total. The molecule has 0 unspecified atom stereocenters. The van der Waals surface area contributed by atoms with E-state index in [4.69, 9.17) is 20.9 Å². The van der Waals surface area contributed by atoms with Crippen molar-refractivity contribution in [3.05, 3.63) is 48.5 Å². The summed E-state index contributed by atoms with van der Waals surface area (Å²) in [5.74, 6) is -0.521. The second-order valence-electron chi connectivity index (χ2n) is 7.02. The van der Waals surface area contributed by atoms with Crippen molar-refractivity contribution in [2.24, 2.45) is 5.73 Å². The van der Waals surface area contributed by atoms with Gasteiger partial charge in [-0.1, -0.05) is 30.3 Å². The number of ether oxygens (including phenoxy) is 2. The number of nitrogens with two attached hydrogens (primary N) is 2. The molecule has 3 aromatic rings. The highest BCUT2D eigenvalue weighted by molar-refractivity contribution is 5.81. The number of hydrogen-bond acceptors (Lipinski definition) is 10. The first-order valence-electron chi connectivity index (χ1n) is 9.37. The summed E-state index contributed by atoms with van der Waals surface area (Å²) in [7, 11) is 0. The predicted octanol–water partition coefficient (Wildman–Crippen LogP) is -0.859. The van der Waals surface area contributed by atoms with Gasteiger partial charge in [0.05, 0.1) is 12.9 Å². The smallest absolute Gasteiger partial charge is 0.323 e. The molecular formula is C19H22N6O5. The van der Waals surface area contributed by atoms with E-state index in [1.165, 1.54) is 17.2 Å². The van der Waals surface area contributed by atoms with E-state index >= 15 is 0 Å². The molecule has 1 fully saturated rings. The lowest BCUT2D eigenvalue weighted by Gasteiger charge is -2.22. The van der Waals surface area contributed by atoms with Crippen molar-refractivity contribution in [3.8, 4) is 0 Å². The van der Waals surface area contributed by atoms with Crippen molar-refractivity contribution in [1.29, 1.82) is 0 Å². The van der Waals surface area contributed by atoms with Gasteiger partial charge in [0.2, 0.25) is 0 Å². The number of rotatable bonds is 6. The zero-order valence-electron chi connectivity index (χ0n) is 15.9. The lowest BCUT2D eigenvalue weighted by molar-refractivity contribution is -0.158. The number of hydrogen-bond donors (Lipinski definition) is 4. The highest BCUT2D eigenvalue weighted by atomic mass is 16.6. The van der Waals surface area contributed by atoms with Crippen molar-refractivity contribution in [2.75, 3.05) is 12.3 Å². The van der Waals surface area contributed by atoms with Gasteiger partial charge >= 0.3 is 5.97 Å². The maximum Gasteiger partial charge on any atom is 0.323 e. The highest BCUT2D eigenvalue weighted by Gasteiger charge is 2.47. The fraction of sp³-hybridized carbons (Fsp3) is 0.368. The maximum absolute atomic E-state index is 12.5. The number of nitrogen functional groups attached to an aromatic ring is 1. The Bertz CT molecular complexity index is 1030. The van der Waals surface area contributed by atoms with Gasteiger partial charge in [-0.15, -0.1) is 0 Å². The Hall–Kier alpha value is -3.12. The third kappa shape index (κ3) is 3.71. The molecule has 1 saturated heterocycles. The van der Waals surface area contributed by atoms with Crippen LogP contribution in [0.4, 0.5) is 5.82 Å². The van der Waals surface area contributed by atoms with Crippen LogP contribution in [0.15, 0.2) is 43.0 Å². The van der Waals surface area contributed by atoms with Crippen molar-refractivity contribution in [3.63, 3.8) is 0 Å². The van der Waals surface area contributed by atoms with Crippen molar-refractivity contribution in [2.45, 2.75) is 37.0 Å². The lowest BCUT2D eigenvalue weighted by Crippen LogP contribution is -2.43. The number of imidazole rings is 1. The van der Waals surface area contributed by atoms with Gasteiger partial charge in [0.15, 0.2) is 23.8 Å². The summed E-state index contributed by atoms with van der Waals surface area (Å²) >= 11 is 0. The van der Waals surface area contributed by atoms with Crippen LogP contribution in [-0.2, 0) is 20.7 Å². The molecule has 1 aliphatic rings. The molecule has 1 aliphatic heterocycles. The van der Waals surface area contributed by atoms with Crippen LogP contribution in [0.3, 0.4) is 0 Å². The van der Waals surface area contributed by atoms with Crippen LogP contribution in [0.5, 0.6) is 0 Å². The first kappa shape index (κ1) is 20.2. The summed E-state index contributed by atoms with van der Waals surface area (Å²) in [4.78, 5) is 24.6. The van der Waals surface area contributed by atoms with Crippen molar-refractivity contribution >= 4 is 23.0 Å². The summed E-state index contributed by atoms with van der Waals surface area (Å²) in [6.07, 6.45) is -1.42. The van der Waals surface area contributed by atoms with Gasteiger partial charge in [-0.05, 0) is 12.0 Å². The second kappa shape index (κ2) is 8.32. The molecule has 1 aromatic carbocycles. The van der Waals surface area contributed by atoms with Crippen LogP contribution in [-0.4, -0.2) is 66.7 Å². The van der Waals surface area contributed by atoms with Gasteiger partial charge in [-0.2, -0.15) is 0 Å². The highest BCUT2D eigenvalue weighted by Crippen LogP contribution is 2.33. The molecule has 158 valence electrons. The number of carbonyl (C=O) groups is 1. The summed E-state index contributed by atoms with van der Waals surface area (Å²) in [5, 5.41) is 20.5. The van der Waals surface area contributed by atoms with Crippen LogP contribution in [0.2, 0.25) is 0 Å². The van der Waals surface area contributed by atoms with E-state index < -0.39 is 43.2 Å². The molecule has 11 heteroatoms. The zero-order valence-corrected chi connectivity index (χ0v) is 15.9. The number of nitrogens with zero attached hydrogens (tertiary/aromatic N) is 4. The fourth-order valence-corrected chi connectivity index (χ4v) is 3.47. The zero-order chi connectivity index (χ0) is 21.3. The molecule has 0 bridgehead atoms. The van der Waals surface area contributed by atoms with Crippen LogP contribution in [0.1, 0.15) is 11.8 Å². The van der Waals surface area contributed by atoms with E-state index in [2.05, 4.69) is 15.0 Å². The number of esters is 1. The quantitative estimate of drug-likeness (QED) is 0.372. The molecule has 2 aromatic heterocycles. The van der Waals surface area contributed by atoms with Gasteiger partial charge in [-0.25, -0.2) is 15.0 Å². The van der Waals surface area contributed by atoms with Crippen LogP contribution in [0.25, 0.3) is 11.2 Å². The minimum absolute atomic E-state index is 0.180. The first-order valence-corrected chi connectivity index (χ1v) is 9.37. The van der Waals surface area contributed by atoms with Crippen molar-refractivity contribution in [1.82, 2.24) is 19.5 Å². The van der Waals surface area contributed by atoms with E-state index in [-0.39, 0.29) is 12.2 Å². The van der Waals surface area contributed by atoms with E-state index in [0.29, 0.717) is 11.2 Å². The molecule has 6 N–H and O–H groups in total. The summed E-state index contributed by atoms with van der Waals surface area (Å²) in [6, 6.07) is 8.33. The Morgan fingerprint density at radius 1 is 1.27 bits per heavy atom. The third-order valence-electron chi connectivity index (χ3n) is 5.00. The SMILES string of the molecule is Nc1ncnc2c1ncn2[C@@H]1O[C@H](CO)[C@@H](OC(=O)[C@@H](N)Cc2ccccc2)[C@H]1O. The molecule has 0 saturated carbocycles. The van der Waals surface area contributed by atoms with Crippen LogP contribution >= 0.6 is 0 Å². The Morgan fingerprint density at radius 2 is 2.03 bits per heavy atom. The number of fused-ring (bicyclic) bond motifs is 1. The molecule has 5 atom stereocenters. The molecule has 0 radical (unpaired) electrons. The minimum atomic E-state index is -1.29. The van der Waals surface area contributed by atoms with Crippen LogP contribution in [0, 0.1) is 0 Å². The monoisotopic (exact) mass is 414 g/mol. The molecule has 4 rings (SSSR count). The lowest BCUT2D eigenvalue weighted by atomic mass is 10.1. The second-order valence-corrected chi connectivity index (χ2v) is 7.02. The van der Waals surface area contributed by atoms with Gasteiger partial charge in [0.1, 0.15) is 30.1 Å². The Balaban J connectivity index is 1.51. The van der Waals surface area contributed by atoms with E-state index in [1.807, 2.05) is 30.3 Å². The predicted molar refractivity (Wildman–Crippen MR) is 105 cm³/mol. The molecule has 0 spiro atoms. The third-order valence-corrected chi connectivity index (χ3v) is 5.00. The Labute approximate surface area is 171 Å². The molecule has 0 amide bonds. The summed E-state index contributed by atoms with van der Waals surface area (Å²) < 4.78 is 12.6. The number of aromatic nitrogens is 4. The number of benzene rings is 1. The normalized spacial score (nSPS) is 24.8. The first-order chi connectivity index (χ1) is 14.5. The van der Waals surface area contributed by atoms with E-state index in [0.717, 1.165) is 5.56 Å². The summed E-state index contributed by atoms with van der Waals surface area (Å²) in [6.45, 7) is -0.469. The largest absolute Gasteiger partial charge is 0.455 e. The van der Waals surface area contributed by atoms with Crippen LogP contribution < -0.4 is 11.5 Å². The Morgan fingerprint density at radius 3 is 2.77 bits per heavy atom. The van der Waals surface area contributed by atoms with Gasteiger partial charge in [0.25, 0.3) is 0 Å². The topological polar surface area (TPSA) is 172 Å². The Kier molecular flexibility index (Phi) is 5.59.